The van der Waals surface area contributed by atoms with E-state index < -0.39 is 0 Å². The molecule has 0 radical (unpaired) electrons. The lowest BCUT2D eigenvalue weighted by Gasteiger charge is -2.41. The van der Waals surface area contributed by atoms with E-state index in [0.29, 0.717) is 5.02 Å². The first-order chi connectivity index (χ1) is 14.0. The summed E-state index contributed by atoms with van der Waals surface area (Å²) in [4.78, 5) is 11.8. The van der Waals surface area contributed by atoms with Crippen molar-refractivity contribution in [1.29, 1.82) is 0 Å². The number of nitrogens with zero attached hydrogens (tertiary/aromatic N) is 4. The van der Waals surface area contributed by atoms with Gasteiger partial charge in [0.25, 0.3) is 0 Å². The normalized spacial score (nSPS) is 23.9. The molecule has 0 bridgehead atoms. The number of halogens is 1. The number of imidazole rings is 1. The second-order valence-corrected chi connectivity index (χ2v) is 8.86. The van der Waals surface area contributed by atoms with Crippen LogP contribution in [0.15, 0.2) is 36.8 Å². The Kier molecular flexibility index (Phi) is 4.53. The molecule has 29 heavy (non-hydrogen) atoms. The number of hydrogen-bond acceptors (Lipinski definition) is 5. The van der Waals surface area contributed by atoms with Crippen LogP contribution < -0.4 is 10.6 Å². The standard InChI is InChI=1S/C22H26ClN5O/c1-14-19(16-4-3-5-17(23)10-16)28-13-25-11-18(28)21(26-14)27-8-6-22(7-9-27)12-29-15(2)20(22)24/h3-5,10-11,13,15,20H,6-9,12,24H2,1-2H3/t15-,20+/m0/s1. The molecule has 5 rings (SSSR count). The molecule has 3 aromatic rings. The van der Waals surface area contributed by atoms with E-state index in [2.05, 4.69) is 27.3 Å². The van der Waals surface area contributed by atoms with Gasteiger partial charge in [-0.05, 0) is 38.8 Å². The van der Waals surface area contributed by atoms with E-state index in [4.69, 9.17) is 27.1 Å². The summed E-state index contributed by atoms with van der Waals surface area (Å²) in [6, 6.07) is 7.99. The molecule has 6 nitrogen and oxygen atoms in total. The van der Waals surface area contributed by atoms with Gasteiger partial charge in [0.2, 0.25) is 0 Å². The number of piperidine rings is 1. The van der Waals surface area contributed by atoms with Gasteiger partial charge < -0.3 is 15.4 Å². The van der Waals surface area contributed by atoms with E-state index >= 15 is 0 Å². The first-order valence-electron chi connectivity index (χ1n) is 10.2. The molecule has 2 saturated heterocycles. The maximum Gasteiger partial charge on any atom is 0.154 e. The summed E-state index contributed by atoms with van der Waals surface area (Å²) in [5.41, 5.74) is 10.6. The molecule has 4 heterocycles. The lowest BCUT2D eigenvalue weighted by atomic mass is 9.73. The highest BCUT2D eigenvalue weighted by molar-refractivity contribution is 6.30. The van der Waals surface area contributed by atoms with Crippen LogP contribution >= 0.6 is 11.6 Å². The Hall–Kier alpha value is -2.15. The minimum Gasteiger partial charge on any atom is -0.376 e. The number of benzene rings is 1. The third kappa shape index (κ3) is 3.01. The first kappa shape index (κ1) is 18.9. The summed E-state index contributed by atoms with van der Waals surface area (Å²) in [5, 5.41) is 0.713. The zero-order valence-corrected chi connectivity index (χ0v) is 17.6. The van der Waals surface area contributed by atoms with Crippen molar-refractivity contribution in [3.05, 3.63) is 47.5 Å². The Morgan fingerprint density at radius 3 is 2.76 bits per heavy atom. The fourth-order valence-electron chi connectivity index (χ4n) is 4.94. The first-order valence-corrected chi connectivity index (χ1v) is 10.6. The van der Waals surface area contributed by atoms with E-state index in [0.717, 1.165) is 60.8 Å². The number of nitrogens with two attached hydrogens (primary N) is 1. The van der Waals surface area contributed by atoms with Gasteiger partial charge in [-0.1, -0.05) is 23.7 Å². The number of ether oxygens (including phenoxy) is 1. The fourth-order valence-corrected chi connectivity index (χ4v) is 5.13. The SMILES string of the molecule is Cc1nc(N2CCC3(CC2)CO[C@@H](C)[C@H]3N)c2cncn2c1-c1cccc(Cl)c1. The van der Waals surface area contributed by atoms with Crippen LogP contribution in [0, 0.1) is 12.3 Å². The van der Waals surface area contributed by atoms with Crippen LogP contribution in [-0.2, 0) is 4.74 Å². The highest BCUT2D eigenvalue weighted by Crippen LogP contribution is 2.42. The summed E-state index contributed by atoms with van der Waals surface area (Å²) < 4.78 is 7.99. The molecular formula is C22H26ClN5O. The summed E-state index contributed by atoms with van der Waals surface area (Å²) in [5.74, 6) is 0.987. The van der Waals surface area contributed by atoms with Crippen LogP contribution in [0.5, 0.6) is 0 Å². The van der Waals surface area contributed by atoms with Crippen molar-refractivity contribution in [2.45, 2.75) is 38.8 Å². The smallest absolute Gasteiger partial charge is 0.154 e. The summed E-state index contributed by atoms with van der Waals surface area (Å²) >= 11 is 6.23. The van der Waals surface area contributed by atoms with Gasteiger partial charge in [-0.25, -0.2) is 9.97 Å². The molecule has 2 aliphatic rings. The zero-order chi connectivity index (χ0) is 20.2. The summed E-state index contributed by atoms with van der Waals surface area (Å²) in [7, 11) is 0. The average molecular weight is 412 g/mol. The van der Waals surface area contributed by atoms with Crippen molar-refractivity contribution in [2.75, 3.05) is 24.6 Å². The quantitative estimate of drug-likeness (QED) is 0.696. The number of aromatic nitrogens is 3. The second-order valence-electron chi connectivity index (χ2n) is 8.42. The Morgan fingerprint density at radius 1 is 1.28 bits per heavy atom. The topological polar surface area (TPSA) is 68.7 Å². The third-order valence-corrected chi connectivity index (χ3v) is 6.96. The monoisotopic (exact) mass is 411 g/mol. The van der Waals surface area contributed by atoms with Gasteiger partial charge in [0.1, 0.15) is 5.52 Å². The molecule has 2 aliphatic heterocycles. The number of rotatable bonds is 2. The molecule has 0 saturated carbocycles. The summed E-state index contributed by atoms with van der Waals surface area (Å²) in [6.45, 7) is 6.75. The van der Waals surface area contributed by atoms with Gasteiger partial charge in [0, 0.05) is 35.1 Å². The van der Waals surface area contributed by atoms with Crippen molar-refractivity contribution < 1.29 is 4.74 Å². The zero-order valence-electron chi connectivity index (χ0n) is 16.8. The Balaban J connectivity index is 1.50. The minimum atomic E-state index is 0.0994. The maximum atomic E-state index is 6.48. The molecule has 1 spiro atoms. The third-order valence-electron chi connectivity index (χ3n) is 6.73. The van der Waals surface area contributed by atoms with E-state index in [9.17, 15) is 0 Å². The minimum absolute atomic E-state index is 0.0994. The van der Waals surface area contributed by atoms with E-state index in [1.165, 1.54) is 0 Å². The molecule has 2 atom stereocenters. The maximum absolute atomic E-state index is 6.48. The predicted octanol–water partition coefficient (Wildman–Crippen LogP) is 3.69. The molecule has 1 aromatic carbocycles. The number of aryl methyl sites for hydroxylation is 1. The molecule has 2 N–H and O–H groups in total. The lowest BCUT2D eigenvalue weighted by molar-refractivity contribution is 0.0974. The van der Waals surface area contributed by atoms with Gasteiger partial charge in [-0.2, -0.15) is 0 Å². The summed E-state index contributed by atoms with van der Waals surface area (Å²) in [6.07, 6.45) is 5.94. The van der Waals surface area contributed by atoms with E-state index in [1.807, 2.05) is 37.6 Å². The van der Waals surface area contributed by atoms with Crippen LogP contribution in [0.4, 0.5) is 5.82 Å². The Bertz CT molecular complexity index is 1060. The number of anilines is 1. The highest BCUT2D eigenvalue weighted by atomic mass is 35.5. The molecule has 2 aromatic heterocycles. The van der Waals surface area contributed by atoms with Crippen LogP contribution in [0.25, 0.3) is 16.8 Å². The molecule has 0 aliphatic carbocycles. The molecule has 0 amide bonds. The van der Waals surface area contributed by atoms with Gasteiger partial charge >= 0.3 is 0 Å². The molecule has 2 fully saturated rings. The Morgan fingerprint density at radius 2 is 2.07 bits per heavy atom. The van der Waals surface area contributed by atoms with Crippen molar-refractivity contribution >= 4 is 22.9 Å². The van der Waals surface area contributed by atoms with Gasteiger partial charge in [-0.15, -0.1) is 0 Å². The van der Waals surface area contributed by atoms with Crippen LogP contribution in [0.2, 0.25) is 5.02 Å². The highest BCUT2D eigenvalue weighted by Gasteiger charge is 2.47. The molecule has 152 valence electrons. The molecular weight excluding hydrogens is 386 g/mol. The molecule has 7 heteroatoms. The Labute approximate surface area is 175 Å². The van der Waals surface area contributed by atoms with Crippen molar-refractivity contribution in [2.24, 2.45) is 11.1 Å². The van der Waals surface area contributed by atoms with Gasteiger partial charge in [-0.3, -0.25) is 4.40 Å². The van der Waals surface area contributed by atoms with E-state index in [1.54, 1.807) is 0 Å². The number of fused-ring (bicyclic) bond motifs is 1. The molecule has 0 unspecified atom stereocenters. The van der Waals surface area contributed by atoms with Crippen molar-refractivity contribution in [1.82, 2.24) is 14.4 Å². The van der Waals surface area contributed by atoms with Crippen LogP contribution in [0.3, 0.4) is 0 Å². The van der Waals surface area contributed by atoms with Gasteiger partial charge in [0.05, 0.1) is 36.6 Å². The lowest BCUT2D eigenvalue weighted by Crippen LogP contribution is -2.50. The van der Waals surface area contributed by atoms with Crippen molar-refractivity contribution in [3.63, 3.8) is 0 Å². The van der Waals surface area contributed by atoms with Crippen LogP contribution in [-0.4, -0.2) is 46.2 Å². The number of hydrogen-bond donors (Lipinski definition) is 1. The van der Waals surface area contributed by atoms with E-state index in [-0.39, 0.29) is 17.6 Å². The van der Waals surface area contributed by atoms with Crippen LogP contribution in [0.1, 0.15) is 25.5 Å². The second kappa shape index (κ2) is 6.97. The fraction of sp³-hybridized carbons (Fsp3) is 0.455. The average Bonchev–Trinajstić information content (AvgIpc) is 3.30. The predicted molar refractivity (Wildman–Crippen MR) is 115 cm³/mol. The van der Waals surface area contributed by atoms with Gasteiger partial charge in [0.15, 0.2) is 5.82 Å². The van der Waals surface area contributed by atoms with Crippen molar-refractivity contribution in [3.8, 4) is 11.3 Å². The largest absolute Gasteiger partial charge is 0.376 e.